The van der Waals surface area contributed by atoms with Gasteiger partial charge >= 0.3 is 12.1 Å². The fourth-order valence-electron chi connectivity index (χ4n) is 1.51. The molecule has 0 aromatic carbocycles. The van der Waals surface area contributed by atoms with Gasteiger partial charge in [-0.2, -0.15) is 22.0 Å². The maximum absolute atomic E-state index is 12.5. The maximum atomic E-state index is 12.5. The van der Waals surface area contributed by atoms with Crippen LogP contribution in [0.15, 0.2) is 0 Å². The Morgan fingerprint density at radius 1 is 1.13 bits per heavy atom. The van der Waals surface area contributed by atoms with Gasteiger partial charge in [0.1, 0.15) is 0 Å². The third kappa shape index (κ3) is 3.02. The molecular weight excluding hydrogens is 243 g/mol. The van der Waals surface area contributed by atoms with Crippen LogP contribution in [0, 0.1) is 5.92 Å². The van der Waals surface area contributed by atoms with E-state index in [0.717, 1.165) is 0 Å². The SMILES string of the molecule is O=S1(=O)CCC(CC(F)(F)C(F)(F)F)C1. The summed E-state index contributed by atoms with van der Waals surface area (Å²) in [4.78, 5) is 0. The lowest BCUT2D eigenvalue weighted by atomic mass is 10.0. The van der Waals surface area contributed by atoms with Gasteiger partial charge in [-0.15, -0.1) is 0 Å². The average molecular weight is 252 g/mol. The van der Waals surface area contributed by atoms with E-state index in [0.29, 0.717) is 0 Å². The van der Waals surface area contributed by atoms with E-state index in [1.54, 1.807) is 0 Å². The van der Waals surface area contributed by atoms with Crippen LogP contribution in [0.4, 0.5) is 22.0 Å². The van der Waals surface area contributed by atoms with Crippen LogP contribution < -0.4 is 0 Å². The number of hydrogen-bond donors (Lipinski definition) is 0. The van der Waals surface area contributed by atoms with Gasteiger partial charge in [0.25, 0.3) is 0 Å². The molecule has 0 amide bonds. The Balaban J connectivity index is 2.65. The van der Waals surface area contributed by atoms with Crippen molar-refractivity contribution in [1.29, 1.82) is 0 Å². The summed E-state index contributed by atoms with van der Waals surface area (Å²) in [5, 5.41) is 0. The van der Waals surface area contributed by atoms with Crippen molar-refractivity contribution in [3.05, 3.63) is 0 Å². The Bertz CT molecular complexity index is 332. The van der Waals surface area contributed by atoms with Crippen LogP contribution in [0.5, 0.6) is 0 Å². The fourth-order valence-corrected chi connectivity index (χ4v) is 3.37. The molecule has 1 rings (SSSR count). The molecule has 0 spiro atoms. The van der Waals surface area contributed by atoms with Crippen LogP contribution in [0.1, 0.15) is 12.8 Å². The molecule has 0 bridgehead atoms. The minimum Gasteiger partial charge on any atom is -0.229 e. The molecule has 0 N–H and O–H groups in total. The van der Waals surface area contributed by atoms with E-state index in [9.17, 15) is 30.4 Å². The number of sulfone groups is 1. The molecule has 0 aliphatic carbocycles. The van der Waals surface area contributed by atoms with Gasteiger partial charge < -0.3 is 0 Å². The van der Waals surface area contributed by atoms with Crippen molar-refractivity contribution in [3.8, 4) is 0 Å². The Morgan fingerprint density at radius 2 is 1.67 bits per heavy atom. The average Bonchev–Trinajstić information content (AvgIpc) is 2.26. The highest BCUT2D eigenvalue weighted by atomic mass is 32.2. The molecule has 1 aliphatic heterocycles. The van der Waals surface area contributed by atoms with Gasteiger partial charge in [0.05, 0.1) is 11.5 Å². The highest BCUT2D eigenvalue weighted by Gasteiger charge is 2.58. The van der Waals surface area contributed by atoms with Crippen LogP contribution in [0.25, 0.3) is 0 Å². The van der Waals surface area contributed by atoms with Crippen LogP contribution in [0.2, 0.25) is 0 Å². The van der Waals surface area contributed by atoms with Gasteiger partial charge in [-0.3, -0.25) is 0 Å². The van der Waals surface area contributed by atoms with Crippen molar-refractivity contribution in [2.75, 3.05) is 11.5 Å². The molecule has 2 nitrogen and oxygen atoms in total. The van der Waals surface area contributed by atoms with E-state index in [1.807, 2.05) is 0 Å². The fraction of sp³-hybridized carbons (Fsp3) is 1.00. The summed E-state index contributed by atoms with van der Waals surface area (Å²) < 4.78 is 82.1. The Kier molecular flexibility index (Phi) is 3.01. The lowest BCUT2D eigenvalue weighted by molar-refractivity contribution is -0.287. The second kappa shape index (κ2) is 3.57. The van der Waals surface area contributed by atoms with E-state index >= 15 is 0 Å². The first-order valence-corrected chi connectivity index (χ1v) is 6.01. The lowest BCUT2D eigenvalue weighted by Gasteiger charge is -2.21. The summed E-state index contributed by atoms with van der Waals surface area (Å²) in [6.07, 6.45) is -7.15. The zero-order valence-corrected chi connectivity index (χ0v) is 8.34. The molecule has 0 aromatic rings. The monoisotopic (exact) mass is 252 g/mol. The summed E-state index contributed by atoms with van der Waals surface area (Å²) in [7, 11) is -3.41. The molecule has 8 heteroatoms. The molecule has 0 saturated carbocycles. The predicted octanol–water partition coefficient (Wildman–Crippen LogP) is 2.01. The minimum absolute atomic E-state index is 0.117. The molecule has 0 aromatic heterocycles. The largest absolute Gasteiger partial charge is 0.453 e. The molecule has 90 valence electrons. The topological polar surface area (TPSA) is 34.1 Å². The zero-order valence-electron chi connectivity index (χ0n) is 7.52. The zero-order chi connectivity index (χ0) is 11.9. The van der Waals surface area contributed by atoms with Crippen LogP contribution in [-0.4, -0.2) is 32.0 Å². The van der Waals surface area contributed by atoms with E-state index in [-0.39, 0.29) is 12.2 Å². The van der Waals surface area contributed by atoms with Crippen LogP contribution in [-0.2, 0) is 9.84 Å². The Hall–Kier alpha value is -0.400. The van der Waals surface area contributed by atoms with E-state index in [2.05, 4.69) is 0 Å². The van der Waals surface area contributed by atoms with Crippen molar-refractivity contribution in [2.45, 2.75) is 24.9 Å². The second-order valence-electron chi connectivity index (χ2n) is 3.68. The van der Waals surface area contributed by atoms with Gasteiger partial charge in [0, 0.05) is 6.42 Å². The van der Waals surface area contributed by atoms with Gasteiger partial charge in [-0.05, 0) is 12.3 Å². The highest BCUT2D eigenvalue weighted by molar-refractivity contribution is 7.91. The van der Waals surface area contributed by atoms with Crippen LogP contribution >= 0.6 is 0 Å². The standard InChI is InChI=1S/C7H9F5O2S/c8-6(9,7(10,11)12)3-5-1-2-15(13,14)4-5/h5H,1-4H2. The van der Waals surface area contributed by atoms with E-state index in [4.69, 9.17) is 0 Å². The smallest absolute Gasteiger partial charge is 0.229 e. The summed E-state index contributed by atoms with van der Waals surface area (Å²) in [5.41, 5.74) is 0. The molecule has 1 fully saturated rings. The normalized spacial score (nSPS) is 26.9. The third-order valence-electron chi connectivity index (χ3n) is 2.29. The molecule has 0 radical (unpaired) electrons. The van der Waals surface area contributed by atoms with Crippen molar-refractivity contribution >= 4 is 9.84 Å². The van der Waals surface area contributed by atoms with Crippen molar-refractivity contribution < 1.29 is 30.4 Å². The summed E-state index contributed by atoms with van der Waals surface area (Å²) in [6.45, 7) is 0. The number of hydrogen-bond acceptors (Lipinski definition) is 2. The van der Waals surface area contributed by atoms with Gasteiger partial charge in [-0.1, -0.05) is 0 Å². The van der Waals surface area contributed by atoms with Crippen LogP contribution in [0.3, 0.4) is 0 Å². The summed E-state index contributed by atoms with van der Waals surface area (Å²) in [5.74, 6) is -6.76. The molecule has 1 unspecified atom stereocenters. The molecule has 1 aliphatic rings. The van der Waals surface area contributed by atoms with Crippen molar-refractivity contribution in [1.82, 2.24) is 0 Å². The third-order valence-corrected chi connectivity index (χ3v) is 4.12. The molecule has 15 heavy (non-hydrogen) atoms. The first-order chi connectivity index (χ1) is 6.54. The summed E-state index contributed by atoms with van der Waals surface area (Å²) >= 11 is 0. The van der Waals surface area contributed by atoms with E-state index < -0.39 is 40.0 Å². The molecule has 1 atom stereocenters. The lowest BCUT2D eigenvalue weighted by Crippen LogP contribution is -2.38. The first-order valence-electron chi connectivity index (χ1n) is 4.18. The number of halogens is 5. The molecule has 1 saturated heterocycles. The Morgan fingerprint density at radius 3 is 2.00 bits per heavy atom. The Labute approximate surface area is 83.4 Å². The molecule has 1 heterocycles. The van der Waals surface area contributed by atoms with Crippen molar-refractivity contribution in [3.63, 3.8) is 0 Å². The first kappa shape index (κ1) is 12.7. The number of rotatable bonds is 2. The predicted molar refractivity (Wildman–Crippen MR) is 42.4 cm³/mol. The number of alkyl halides is 5. The molecular formula is C7H9F5O2S. The maximum Gasteiger partial charge on any atom is 0.453 e. The second-order valence-corrected chi connectivity index (χ2v) is 5.90. The quantitative estimate of drug-likeness (QED) is 0.704. The van der Waals surface area contributed by atoms with Gasteiger partial charge in [0.15, 0.2) is 9.84 Å². The van der Waals surface area contributed by atoms with E-state index in [1.165, 1.54) is 0 Å². The van der Waals surface area contributed by atoms with Crippen molar-refractivity contribution in [2.24, 2.45) is 5.92 Å². The minimum atomic E-state index is -5.60. The highest BCUT2D eigenvalue weighted by Crippen LogP contribution is 2.42. The van der Waals surface area contributed by atoms with Gasteiger partial charge in [-0.25, -0.2) is 8.42 Å². The van der Waals surface area contributed by atoms with Gasteiger partial charge in [0.2, 0.25) is 0 Å². The summed E-state index contributed by atoms with van der Waals surface area (Å²) in [6, 6.07) is 0.